The Labute approximate surface area is 100 Å². The van der Waals surface area contributed by atoms with Gasteiger partial charge in [-0.2, -0.15) is 11.3 Å². The van der Waals surface area contributed by atoms with Crippen LogP contribution in [-0.4, -0.2) is 16.1 Å². The summed E-state index contributed by atoms with van der Waals surface area (Å²) in [5, 5.41) is 7.68. The van der Waals surface area contributed by atoms with Crippen LogP contribution in [-0.2, 0) is 6.42 Å². The lowest BCUT2D eigenvalue weighted by Gasteiger charge is -2.12. The number of rotatable bonds is 5. The molecule has 16 heavy (non-hydrogen) atoms. The summed E-state index contributed by atoms with van der Waals surface area (Å²) >= 11 is 1.75. The lowest BCUT2D eigenvalue weighted by atomic mass is 10.2. The van der Waals surface area contributed by atoms with Crippen molar-refractivity contribution in [2.24, 2.45) is 0 Å². The maximum absolute atomic E-state index is 4.31. The summed E-state index contributed by atoms with van der Waals surface area (Å²) in [6.07, 6.45) is 4.90. The van der Waals surface area contributed by atoms with Crippen molar-refractivity contribution in [1.82, 2.24) is 9.55 Å². The Morgan fingerprint density at radius 3 is 3.06 bits per heavy atom. The first-order valence-corrected chi connectivity index (χ1v) is 6.49. The van der Waals surface area contributed by atoms with Gasteiger partial charge in [0.15, 0.2) is 0 Å². The van der Waals surface area contributed by atoms with E-state index in [-0.39, 0.29) is 0 Å². The van der Waals surface area contributed by atoms with Crippen LogP contribution in [0.25, 0.3) is 0 Å². The van der Waals surface area contributed by atoms with Crippen molar-refractivity contribution >= 4 is 17.3 Å². The first-order chi connectivity index (χ1) is 7.77. The molecule has 0 aliphatic heterocycles. The Balaban J connectivity index is 1.87. The zero-order valence-corrected chi connectivity index (χ0v) is 10.5. The van der Waals surface area contributed by atoms with E-state index in [2.05, 4.69) is 45.5 Å². The predicted octanol–water partition coefficient (Wildman–Crippen LogP) is 3.18. The Bertz CT molecular complexity index is 417. The number of hydrogen-bond acceptors (Lipinski definition) is 3. The minimum atomic E-state index is 0.450. The first kappa shape index (κ1) is 11.2. The van der Waals surface area contributed by atoms with Crippen molar-refractivity contribution in [2.45, 2.75) is 26.3 Å². The SMILES string of the molecule is CC(C)n1ccnc1NCCc1ccsc1. The van der Waals surface area contributed by atoms with Gasteiger partial charge in [-0.25, -0.2) is 4.98 Å². The van der Waals surface area contributed by atoms with Crippen LogP contribution in [0.2, 0.25) is 0 Å². The highest BCUT2D eigenvalue weighted by Crippen LogP contribution is 2.12. The van der Waals surface area contributed by atoms with Gasteiger partial charge >= 0.3 is 0 Å². The fraction of sp³-hybridized carbons (Fsp3) is 0.417. The average molecular weight is 235 g/mol. The highest BCUT2D eigenvalue weighted by Gasteiger charge is 2.04. The second-order valence-electron chi connectivity index (χ2n) is 4.06. The van der Waals surface area contributed by atoms with Crippen LogP contribution in [0.3, 0.4) is 0 Å². The monoisotopic (exact) mass is 235 g/mol. The summed E-state index contributed by atoms with van der Waals surface area (Å²) in [6, 6.07) is 2.62. The highest BCUT2D eigenvalue weighted by atomic mass is 32.1. The van der Waals surface area contributed by atoms with E-state index in [9.17, 15) is 0 Å². The summed E-state index contributed by atoms with van der Waals surface area (Å²) in [7, 11) is 0. The fourth-order valence-corrected chi connectivity index (χ4v) is 2.32. The van der Waals surface area contributed by atoms with E-state index in [4.69, 9.17) is 0 Å². The zero-order valence-electron chi connectivity index (χ0n) is 9.68. The summed E-state index contributed by atoms with van der Waals surface area (Å²) in [5.74, 6) is 0.963. The van der Waals surface area contributed by atoms with Crippen LogP contribution >= 0.6 is 11.3 Å². The van der Waals surface area contributed by atoms with Crippen LogP contribution < -0.4 is 5.32 Å². The molecule has 0 bridgehead atoms. The quantitative estimate of drug-likeness (QED) is 0.862. The van der Waals surface area contributed by atoms with Crippen molar-refractivity contribution in [3.8, 4) is 0 Å². The summed E-state index contributed by atoms with van der Waals surface area (Å²) in [6.45, 7) is 5.25. The topological polar surface area (TPSA) is 29.9 Å². The average Bonchev–Trinajstić information content (AvgIpc) is 2.87. The van der Waals surface area contributed by atoms with Gasteiger partial charge in [0.05, 0.1) is 0 Å². The molecule has 0 aliphatic rings. The molecule has 2 heterocycles. The molecule has 2 aromatic heterocycles. The second-order valence-corrected chi connectivity index (χ2v) is 4.84. The maximum atomic E-state index is 4.31. The van der Waals surface area contributed by atoms with Crippen molar-refractivity contribution in [3.05, 3.63) is 34.8 Å². The Morgan fingerprint density at radius 1 is 1.50 bits per heavy atom. The molecule has 0 unspecified atom stereocenters. The lowest BCUT2D eigenvalue weighted by molar-refractivity contribution is 0.604. The zero-order chi connectivity index (χ0) is 11.4. The van der Waals surface area contributed by atoms with E-state index >= 15 is 0 Å². The number of anilines is 1. The predicted molar refractivity (Wildman–Crippen MR) is 69.1 cm³/mol. The number of aromatic nitrogens is 2. The third-order valence-corrected chi connectivity index (χ3v) is 3.23. The van der Waals surface area contributed by atoms with Gasteiger partial charge in [-0.1, -0.05) is 0 Å². The molecule has 4 heteroatoms. The Hall–Kier alpha value is -1.29. The molecule has 1 N–H and O–H groups in total. The van der Waals surface area contributed by atoms with Crippen LogP contribution in [0.4, 0.5) is 5.95 Å². The number of imidazole rings is 1. The Kier molecular flexibility index (Phi) is 3.62. The van der Waals surface area contributed by atoms with E-state index in [0.717, 1.165) is 18.9 Å². The van der Waals surface area contributed by atoms with Crippen molar-refractivity contribution in [1.29, 1.82) is 0 Å². The molecule has 2 aromatic rings. The van der Waals surface area contributed by atoms with Crippen molar-refractivity contribution in [2.75, 3.05) is 11.9 Å². The molecule has 0 atom stereocenters. The molecule has 0 radical (unpaired) electrons. The van der Waals surface area contributed by atoms with Gasteiger partial charge in [0.2, 0.25) is 5.95 Å². The number of hydrogen-bond donors (Lipinski definition) is 1. The smallest absolute Gasteiger partial charge is 0.203 e. The molecule has 0 fully saturated rings. The lowest BCUT2D eigenvalue weighted by Crippen LogP contribution is -2.11. The standard InChI is InChI=1S/C12H17N3S/c1-10(2)15-7-6-14-12(15)13-5-3-11-4-8-16-9-11/h4,6-10H,3,5H2,1-2H3,(H,13,14). The van der Waals surface area contributed by atoms with E-state index < -0.39 is 0 Å². The van der Waals surface area contributed by atoms with Gasteiger partial charge in [-0.15, -0.1) is 0 Å². The molecule has 2 rings (SSSR count). The fourth-order valence-electron chi connectivity index (χ4n) is 1.62. The normalized spacial score (nSPS) is 10.9. The minimum absolute atomic E-state index is 0.450. The first-order valence-electron chi connectivity index (χ1n) is 5.55. The summed E-state index contributed by atoms with van der Waals surface area (Å²) in [4.78, 5) is 4.31. The van der Waals surface area contributed by atoms with E-state index in [1.807, 2.05) is 12.4 Å². The molecule has 86 valence electrons. The van der Waals surface area contributed by atoms with Gasteiger partial charge in [-0.05, 0) is 42.7 Å². The highest BCUT2D eigenvalue weighted by molar-refractivity contribution is 7.07. The third kappa shape index (κ3) is 2.64. The molecule has 0 saturated carbocycles. The number of nitrogens with one attached hydrogen (secondary N) is 1. The molecule has 0 aliphatic carbocycles. The van der Waals surface area contributed by atoms with E-state index in [0.29, 0.717) is 6.04 Å². The molecular formula is C12H17N3S. The van der Waals surface area contributed by atoms with E-state index in [1.54, 1.807) is 11.3 Å². The Morgan fingerprint density at radius 2 is 2.38 bits per heavy atom. The van der Waals surface area contributed by atoms with Crippen LogP contribution in [0.5, 0.6) is 0 Å². The largest absolute Gasteiger partial charge is 0.355 e. The second kappa shape index (κ2) is 5.16. The van der Waals surface area contributed by atoms with E-state index in [1.165, 1.54) is 5.56 Å². The van der Waals surface area contributed by atoms with Crippen LogP contribution in [0.1, 0.15) is 25.5 Å². The molecule has 0 saturated heterocycles. The number of thiophene rings is 1. The molecule has 0 aromatic carbocycles. The van der Waals surface area contributed by atoms with Gasteiger partial charge < -0.3 is 9.88 Å². The molecular weight excluding hydrogens is 218 g/mol. The van der Waals surface area contributed by atoms with Crippen LogP contribution in [0, 0.1) is 0 Å². The third-order valence-electron chi connectivity index (χ3n) is 2.50. The van der Waals surface area contributed by atoms with Gasteiger partial charge in [-0.3, -0.25) is 0 Å². The molecule has 3 nitrogen and oxygen atoms in total. The van der Waals surface area contributed by atoms with Gasteiger partial charge in [0, 0.05) is 25.0 Å². The van der Waals surface area contributed by atoms with Crippen molar-refractivity contribution < 1.29 is 0 Å². The van der Waals surface area contributed by atoms with Crippen LogP contribution in [0.15, 0.2) is 29.2 Å². The number of nitrogens with zero attached hydrogens (tertiary/aromatic N) is 2. The summed E-state index contributed by atoms with van der Waals surface area (Å²) in [5.41, 5.74) is 1.39. The minimum Gasteiger partial charge on any atom is -0.355 e. The van der Waals surface area contributed by atoms with Crippen molar-refractivity contribution in [3.63, 3.8) is 0 Å². The molecule has 0 spiro atoms. The van der Waals surface area contributed by atoms with Gasteiger partial charge in [0.1, 0.15) is 0 Å². The summed E-state index contributed by atoms with van der Waals surface area (Å²) < 4.78 is 2.15. The maximum Gasteiger partial charge on any atom is 0.203 e. The molecule has 0 amide bonds. The van der Waals surface area contributed by atoms with Gasteiger partial charge in [0.25, 0.3) is 0 Å².